The van der Waals surface area contributed by atoms with Crippen LogP contribution in [0.4, 0.5) is 0 Å². The summed E-state index contributed by atoms with van der Waals surface area (Å²) in [6.45, 7) is 1.54. The summed E-state index contributed by atoms with van der Waals surface area (Å²) in [5.74, 6) is 0.216. The molecule has 2 rings (SSSR count). The van der Waals surface area contributed by atoms with Crippen molar-refractivity contribution >= 4 is 0 Å². The van der Waals surface area contributed by atoms with Gasteiger partial charge in [0.15, 0.2) is 0 Å². The normalized spacial score (nSPS) is 31.0. The molecule has 0 aromatic carbocycles. The molecule has 1 fully saturated rings. The van der Waals surface area contributed by atoms with Crippen molar-refractivity contribution in [2.24, 2.45) is 0 Å². The van der Waals surface area contributed by atoms with E-state index in [9.17, 15) is 5.11 Å². The fraction of sp³-hybridized carbons (Fsp3) is 0.500. The Kier molecular flexibility index (Phi) is 1.68. The Morgan fingerprint density at radius 3 is 3.00 bits per heavy atom. The largest absolute Gasteiger partial charge is 0.472 e. The van der Waals surface area contributed by atoms with E-state index in [1.807, 2.05) is 6.07 Å². The first kappa shape index (κ1) is 6.88. The van der Waals surface area contributed by atoms with Crippen LogP contribution < -0.4 is 5.32 Å². The van der Waals surface area contributed by atoms with Crippen molar-refractivity contribution in [3.8, 4) is 0 Å². The lowest BCUT2D eigenvalue weighted by Gasteiger charge is -2.09. The standard InChI is InChI=1S/C8H11NO2/c10-8-4-9-3-7(8)6-1-2-11-5-6/h1-2,5,7-10H,3-4H2. The summed E-state index contributed by atoms with van der Waals surface area (Å²) in [7, 11) is 0. The first-order chi connectivity index (χ1) is 5.38. The molecule has 2 unspecified atom stereocenters. The molecule has 1 aromatic heterocycles. The SMILES string of the molecule is OC1CNCC1c1ccoc1. The summed E-state index contributed by atoms with van der Waals surface area (Å²) >= 11 is 0. The van der Waals surface area contributed by atoms with Gasteiger partial charge in [-0.2, -0.15) is 0 Å². The first-order valence-electron chi connectivity index (χ1n) is 3.79. The lowest BCUT2D eigenvalue weighted by atomic mass is 9.99. The molecule has 1 saturated heterocycles. The van der Waals surface area contributed by atoms with Crippen LogP contribution >= 0.6 is 0 Å². The Balaban J connectivity index is 2.16. The summed E-state index contributed by atoms with van der Waals surface area (Å²) in [5, 5.41) is 12.6. The zero-order valence-electron chi connectivity index (χ0n) is 6.16. The van der Waals surface area contributed by atoms with Gasteiger partial charge in [-0.25, -0.2) is 0 Å². The molecule has 0 aliphatic carbocycles. The van der Waals surface area contributed by atoms with Crippen molar-refractivity contribution in [1.82, 2.24) is 5.32 Å². The van der Waals surface area contributed by atoms with E-state index in [4.69, 9.17) is 4.42 Å². The van der Waals surface area contributed by atoms with E-state index in [0.717, 1.165) is 12.1 Å². The lowest BCUT2D eigenvalue weighted by Crippen LogP contribution is -2.15. The average Bonchev–Trinajstić information content (AvgIpc) is 2.55. The third-order valence-electron chi connectivity index (χ3n) is 2.15. The van der Waals surface area contributed by atoms with Crippen LogP contribution in [0, 0.1) is 0 Å². The van der Waals surface area contributed by atoms with Gasteiger partial charge in [0.25, 0.3) is 0 Å². The second-order valence-corrected chi connectivity index (χ2v) is 2.89. The van der Waals surface area contributed by atoms with E-state index < -0.39 is 0 Å². The van der Waals surface area contributed by atoms with Crippen LogP contribution in [-0.2, 0) is 0 Å². The molecule has 0 bridgehead atoms. The second-order valence-electron chi connectivity index (χ2n) is 2.89. The molecular formula is C8H11NO2. The minimum absolute atomic E-state index is 0.216. The Bertz CT molecular complexity index is 220. The van der Waals surface area contributed by atoms with E-state index in [0.29, 0.717) is 6.54 Å². The number of aliphatic hydroxyl groups excluding tert-OH is 1. The van der Waals surface area contributed by atoms with Crippen LogP contribution in [-0.4, -0.2) is 24.3 Å². The van der Waals surface area contributed by atoms with E-state index in [1.54, 1.807) is 12.5 Å². The van der Waals surface area contributed by atoms with Crippen molar-refractivity contribution in [3.05, 3.63) is 24.2 Å². The number of furan rings is 1. The minimum Gasteiger partial charge on any atom is -0.472 e. The summed E-state index contributed by atoms with van der Waals surface area (Å²) in [6.07, 6.45) is 3.08. The molecule has 0 amide bonds. The number of rotatable bonds is 1. The van der Waals surface area contributed by atoms with E-state index in [2.05, 4.69) is 5.32 Å². The van der Waals surface area contributed by atoms with Crippen LogP contribution in [0.15, 0.2) is 23.0 Å². The highest BCUT2D eigenvalue weighted by Crippen LogP contribution is 2.22. The monoisotopic (exact) mass is 153 g/mol. The van der Waals surface area contributed by atoms with E-state index >= 15 is 0 Å². The third kappa shape index (κ3) is 1.17. The molecule has 0 radical (unpaired) electrons. The van der Waals surface area contributed by atoms with Gasteiger partial charge in [0.2, 0.25) is 0 Å². The number of aliphatic hydroxyl groups is 1. The number of β-amino-alcohol motifs (C(OH)–C–C–N with tert-alkyl or cyclic N) is 1. The molecule has 11 heavy (non-hydrogen) atoms. The molecule has 0 saturated carbocycles. The molecule has 60 valence electrons. The van der Waals surface area contributed by atoms with Crippen molar-refractivity contribution in [2.45, 2.75) is 12.0 Å². The van der Waals surface area contributed by atoms with Gasteiger partial charge in [-0.1, -0.05) is 0 Å². The van der Waals surface area contributed by atoms with Crippen LogP contribution in [0.5, 0.6) is 0 Å². The molecule has 2 atom stereocenters. The van der Waals surface area contributed by atoms with Crippen molar-refractivity contribution in [2.75, 3.05) is 13.1 Å². The summed E-state index contributed by atoms with van der Waals surface area (Å²) in [5.41, 5.74) is 1.09. The Hall–Kier alpha value is -0.800. The Labute approximate surface area is 65.0 Å². The highest BCUT2D eigenvalue weighted by Gasteiger charge is 2.26. The zero-order valence-corrected chi connectivity index (χ0v) is 6.16. The van der Waals surface area contributed by atoms with Gasteiger partial charge in [0, 0.05) is 19.0 Å². The number of nitrogens with one attached hydrogen (secondary N) is 1. The van der Waals surface area contributed by atoms with Gasteiger partial charge in [-0.3, -0.25) is 0 Å². The predicted molar refractivity (Wildman–Crippen MR) is 40.3 cm³/mol. The highest BCUT2D eigenvalue weighted by atomic mass is 16.3. The zero-order chi connectivity index (χ0) is 7.68. The molecule has 3 nitrogen and oxygen atoms in total. The van der Waals surface area contributed by atoms with Crippen molar-refractivity contribution < 1.29 is 9.52 Å². The van der Waals surface area contributed by atoms with Gasteiger partial charge in [-0.15, -0.1) is 0 Å². The van der Waals surface area contributed by atoms with E-state index in [-0.39, 0.29) is 12.0 Å². The molecular weight excluding hydrogens is 142 g/mol. The van der Waals surface area contributed by atoms with Crippen LogP contribution in [0.3, 0.4) is 0 Å². The van der Waals surface area contributed by atoms with Crippen LogP contribution in [0.2, 0.25) is 0 Å². The topological polar surface area (TPSA) is 45.4 Å². The quantitative estimate of drug-likeness (QED) is 0.611. The number of hydrogen-bond donors (Lipinski definition) is 2. The fourth-order valence-electron chi connectivity index (χ4n) is 1.49. The maximum atomic E-state index is 9.46. The predicted octanol–water partition coefficient (Wildman–Crippen LogP) is 0.327. The van der Waals surface area contributed by atoms with Gasteiger partial charge < -0.3 is 14.8 Å². The van der Waals surface area contributed by atoms with E-state index in [1.165, 1.54) is 0 Å². The maximum absolute atomic E-state index is 9.46. The smallest absolute Gasteiger partial charge is 0.0938 e. The maximum Gasteiger partial charge on any atom is 0.0938 e. The number of hydrogen-bond acceptors (Lipinski definition) is 3. The summed E-state index contributed by atoms with van der Waals surface area (Å²) in [6, 6.07) is 1.90. The summed E-state index contributed by atoms with van der Waals surface area (Å²) in [4.78, 5) is 0. The lowest BCUT2D eigenvalue weighted by molar-refractivity contribution is 0.177. The van der Waals surface area contributed by atoms with Crippen LogP contribution in [0.25, 0.3) is 0 Å². The molecule has 2 N–H and O–H groups in total. The van der Waals surface area contributed by atoms with Crippen molar-refractivity contribution in [3.63, 3.8) is 0 Å². The van der Waals surface area contributed by atoms with Gasteiger partial charge in [-0.05, 0) is 11.6 Å². The van der Waals surface area contributed by atoms with Gasteiger partial charge in [0.1, 0.15) is 0 Å². The fourth-order valence-corrected chi connectivity index (χ4v) is 1.49. The van der Waals surface area contributed by atoms with Gasteiger partial charge >= 0.3 is 0 Å². The Morgan fingerprint density at radius 2 is 2.45 bits per heavy atom. The molecule has 2 heterocycles. The highest BCUT2D eigenvalue weighted by molar-refractivity contribution is 5.16. The van der Waals surface area contributed by atoms with Crippen molar-refractivity contribution in [1.29, 1.82) is 0 Å². The third-order valence-corrected chi connectivity index (χ3v) is 2.15. The molecule has 0 spiro atoms. The minimum atomic E-state index is -0.257. The average molecular weight is 153 g/mol. The van der Waals surface area contributed by atoms with Crippen LogP contribution in [0.1, 0.15) is 11.5 Å². The molecule has 1 aromatic rings. The molecule has 1 aliphatic heterocycles. The summed E-state index contributed by atoms with van der Waals surface area (Å²) < 4.78 is 4.94. The molecule has 3 heteroatoms. The molecule has 1 aliphatic rings. The Morgan fingerprint density at radius 1 is 1.55 bits per heavy atom. The second kappa shape index (κ2) is 2.68. The van der Waals surface area contributed by atoms with Gasteiger partial charge in [0.05, 0.1) is 18.6 Å². The first-order valence-corrected chi connectivity index (χ1v) is 3.79.